The van der Waals surface area contributed by atoms with Crippen molar-refractivity contribution in [3.05, 3.63) is 28.5 Å². The summed E-state index contributed by atoms with van der Waals surface area (Å²) in [5.74, 6) is -0.0665. The Balaban J connectivity index is 2.94. The summed E-state index contributed by atoms with van der Waals surface area (Å²) >= 11 is 3.33. The molecule has 0 atom stereocenters. The highest BCUT2D eigenvalue weighted by Gasteiger charge is 2.17. The normalized spacial score (nSPS) is 10.8. The van der Waals surface area contributed by atoms with Crippen molar-refractivity contribution in [2.24, 2.45) is 0 Å². The minimum Gasteiger partial charge on any atom is -0.308 e. The van der Waals surface area contributed by atoms with E-state index >= 15 is 0 Å². The summed E-state index contributed by atoms with van der Waals surface area (Å²) in [7, 11) is 3.97. The van der Waals surface area contributed by atoms with E-state index in [4.69, 9.17) is 0 Å². The molecule has 5 heteroatoms. The minimum absolute atomic E-state index is 0.0665. The van der Waals surface area contributed by atoms with E-state index in [2.05, 4.69) is 27.6 Å². The lowest BCUT2D eigenvalue weighted by Crippen LogP contribution is -2.21. The van der Waals surface area contributed by atoms with Crippen molar-refractivity contribution in [3.63, 3.8) is 0 Å². The van der Waals surface area contributed by atoms with Gasteiger partial charge in [0.2, 0.25) is 5.78 Å². The molecule has 1 aromatic rings. The Labute approximate surface area is 104 Å². The van der Waals surface area contributed by atoms with Crippen LogP contribution in [0.2, 0.25) is 0 Å². The quantitative estimate of drug-likeness (QED) is 0.613. The van der Waals surface area contributed by atoms with Crippen LogP contribution in [0.25, 0.3) is 0 Å². The van der Waals surface area contributed by atoms with Gasteiger partial charge in [-0.1, -0.05) is 6.58 Å². The third-order valence-corrected chi connectivity index (χ3v) is 2.74. The summed E-state index contributed by atoms with van der Waals surface area (Å²) in [5, 5.41) is 4.17. The van der Waals surface area contributed by atoms with Crippen molar-refractivity contribution in [3.8, 4) is 0 Å². The number of rotatable bonds is 5. The van der Waals surface area contributed by atoms with Gasteiger partial charge in [-0.2, -0.15) is 5.10 Å². The molecule has 0 aliphatic carbocycles. The monoisotopic (exact) mass is 285 g/mol. The number of Topliss-reactive ketones (excluding diaryl/α,β-unsaturated/α-hetero) is 1. The van der Waals surface area contributed by atoms with E-state index in [0.717, 1.165) is 11.0 Å². The number of carbonyl (C=O) groups excluding carboxylic acids is 1. The Bertz CT molecular complexity index is 409. The number of aromatic nitrogens is 2. The molecule has 0 unspecified atom stereocenters. The van der Waals surface area contributed by atoms with Crippen LogP contribution in [0.3, 0.4) is 0 Å². The Morgan fingerprint density at radius 1 is 1.62 bits per heavy atom. The van der Waals surface area contributed by atoms with Crippen LogP contribution in [0.5, 0.6) is 0 Å². The van der Waals surface area contributed by atoms with Crippen LogP contribution in [0.4, 0.5) is 0 Å². The highest BCUT2D eigenvalue weighted by Crippen LogP contribution is 2.18. The summed E-state index contributed by atoms with van der Waals surface area (Å²) in [5.41, 5.74) is 1.10. The summed E-state index contributed by atoms with van der Waals surface area (Å²) in [6.45, 7) is 6.90. The van der Waals surface area contributed by atoms with Gasteiger partial charge in [-0.3, -0.25) is 9.48 Å². The number of likely N-dealkylation sites (N-methyl/N-ethyl adjacent to an activating group) is 1. The molecular weight excluding hydrogens is 270 g/mol. The van der Waals surface area contributed by atoms with Crippen LogP contribution in [-0.2, 0) is 6.54 Å². The summed E-state index contributed by atoms with van der Waals surface area (Å²) in [6.07, 6.45) is 1.64. The molecule has 88 valence electrons. The lowest BCUT2D eigenvalue weighted by Gasteiger charge is -2.11. The van der Waals surface area contributed by atoms with Crippen molar-refractivity contribution in [2.75, 3.05) is 20.6 Å². The van der Waals surface area contributed by atoms with Crippen LogP contribution in [0.15, 0.2) is 22.8 Å². The van der Waals surface area contributed by atoms with Crippen molar-refractivity contribution >= 4 is 21.7 Å². The molecule has 0 N–H and O–H groups in total. The Morgan fingerprint density at radius 2 is 2.25 bits per heavy atom. The fraction of sp³-hybridized carbons (Fsp3) is 0.455. The van der Waals surface area contributed by atoms with Crippen LogP contribution in [-0.4, -0.2) is 41.1 Å². The number of hydrogen-bond donors (Lipinski definition) is 0. The van der Waals surface area contributed by atoms with Gasteiger partial charge in [0.15, 0.2) is 0 Å². The van der Waals surface area contributed by atoms with Gasteiger partial charge in [0.25, 0.3) is 0 Å². The fourth-order valence-electron chi connectivity index (χ4n) is 1.25. The summed E-state index contributed by atoms with van der Waals surface area (Å²) < 4.78 is 2.43. The van der Waals surface area contributed by atoms with Gasteiger partial charge in [-0.25, -0.2) is 0 Å². The highest BCUT2D eigenvalue weighted by atomic mass is 79.9. The average Bonchev–Trinajstić information content (AvgIpc) is 2.55. The first-order chi connectivity index (χ1) is 7.43. The molecule has 4 nitrogen and oxygen atoms in total. The number of hydrogen-bond acceptors (Lipinski definition) is 3. The molecule has 0 fully saturated rings. The minimum atomic E-state index is -0.0665. The summed E-state index contributed by atoms with van der Waals surface area (Å²) in [6, 6.07) is 0. The fourth-order valence-corrected chi connectivity index (χ4v) is 1.73. The molecule has 1 aromatic heterocycles. The van der Waals surface area contributed by atoms with Crippen molar-refractivity contribution < 1.29 is 4.79 Å². The Kier molecular flexibility index (Phi) is 4.44. The first kappa shape index (κ1) is 13.1. The van der Waals surface area contributed by atoms with E-state index in [9.17, 15) is 4.79 Å². The summed E-state index contributed by atoms with van der Waals surface area (Å²) in [4.78, 5) is 13.9. The van der Waals surface area contributed by atoms with Gasteiger partial charge in [-0.15, -0.1) is 0 Å². The topological polar surface area (TPSA) is 38.1 Å². The molecule has 0 bridgehead atoms. The number of nitrogens with zero attached hydrogens (tertiary/aromatic N) is 3. The average molecular weight is 286 g/mol. The van der Waals surface area contributed by atoms with Crippen LogP contribution < -0.4 is 0 Å². The second-order valence-electron chi connectivity index (χ2n) is 3.98. The van der Waals surface area contributed by atoms with E-state index in [1.807, 2.05) is 19.0 Å². The molecule has 0 radical (unpaired) electrons. The maximum atomic E-state index is 11.9. The molecule has 16 heavy (non-hydrogen) atoms. The van der Waals surface area contributed by atoms with Gasteiger partial charge in [0.1, 0.15) is 5.69 Å². The molecule has 0 aromatic carbocycles. The van der Waals surface area contributed by atoms with E-state index in [1.54, 1.807) is 17.8 Å². The third kappa shape index (κ3) is 3.02. The zero-order valence-corrected chi connectivity index (χ0v) is 11.4. The maximum absolute atomic E-state index is 11.9. The van der Waals surface area contributed by atoms with Crippen LogP contribution in [0.1, 0.15) is 17.4 Å². The molecule has 0 aliphatic rings. The van der Waals surface area contributed by atoms with Crippen LogP contribution in [0, 0.1) is 0 Å². The van der Waals surface area contributed by atoms with Gasteiger partial charge in [-0.05, 0) is 42.5 Å². The van der Waals surface area contributed by atoms with E-state index in [1.165, 1.54) is 0 Å². The molecule has 0 saturated carbocycles. The van der Waals surface area contributed by atoms with E-state index < -0.39 is 0 Å². The van der Waals surface area contributed by atoms with Gasteiger partial charge in [0.05, 0.1) is 17.2 Å². The molecule has 0 saturated heterocycles. The second kappa shape index (κ2) is 5.41. The Morgan fingerprint density at radius 3 is 2.75 bits per heavy atom. The first-order valence-electron chi connectivity index (χ1n) is 4.99. The molecule has 0 spiro atoms. The molecule has 0 amide bonds. The van der Waals surface area contributed by atoms with Gasteiger partial charge in [0, 0.05) is 6.54 Å². The van der Waals surface area contributed by atoms with Gasteiger partial charge < -0.3 is 4.90 Å². The third-order valence-electron chi connectivity index (χ3n) is 2.16. The molecular formula is C11H16BrN3O. The number of carbonyl (C=O) groups is 1. The number of halogens is 1. The Hall–Kier alpha value is -0.940. The maximum Gasteiger partial charge on any atom is 0.207 e. The number of allylic oxidation sites excluding steroid dienone is 1. The van der Waals surface area contributed by atoms with E-state index in [-0.39, 0.29) is 5.78 Å². The van der Waals surface area contributed by atoms with Gasteiger partial charge >= 0.3 is 0 Å². The first-order valence-corrected chi connectivity index (χ1v) is 5.79. The zero-order chi connectivity index (χ0) is 12.3. The second-order valence-corrected chi connectivity index (χ2v) is 4.83. The predicted octanol–water partition coefficient (Wildman–Crippen LogP) is 1.97. The molecule has 1 rings (SSSR count). The highest BCUT2D eigenvalue weighted by molar-refractivity contribution is 9.10. The SMILES string of the molecule is C=C(C)C(=O)c1c(Br)cnn1CCN(C)C. The lowest BCUT2D eigenvalue weighted by atomic mass is 10.1. The van der Waals surface area contributed by atoms with E-state index in [0.29, 0.717) is 17.8 Å². The predicted molar refractivity (Wildman–Crippen MR) is 67.6 cm³/mol. The molecule has 0 aliphatic heterocycles. The smallest absolute Gasteiger partial charge is 0.207 e. The van der Waals surface area contributed by atoms with Crippen molar-refractivity contribution in [1.29, 1.82) is 0 Å². The standard InChI is InChI=1S/C11H16BrN3O/c1-8(2)11(16)10-9(12)7-13-15(10)6-5-14(3)4/h7H,1,5-6H2,2-4H3. The largest absolute Gasteiger partial charge is 0.308 e. The van der Waals surface area contributed by atoms with Crippen molar-refractivity contribution in [1.82, 2.24) is 14.7 Å². The van der Waals surface area contributed by atoms with Crippen molar-refractivity contribution in [2.45, 2.75) is 13.5 Å². The lowest BCUT2D eigenvalue weighted by molar-refractivity contribution is 0.102. The zero-order valence-electron chi connectivity index (χ0n) is 9.83. The van der Waals surface area contributed by atoms with Crippen LogP contribution >= 0.6 is 15.9 Å². The number of ketones is 1. The molecule has 1 heterocycles.